The van der Waals surface area contributed by atoms with E-state index < -0.39 is 5.97 Å². The first-order chi connectivity index (χ1) is 13.2. The molecule has 9 nitrogen and oxygen atoms in total. The lowest BCUT2D eigenvalue weighted by atomic mass is 10.2. The lowest BCUT2D eigenvalue weighted by Crippen LogP contribution is -2.04. The molecule has 0 saturated carbocycles. The molecular formula is C18H15N7O2. The molecule has 0 amide bonds. The highest BCUT2D eigenvalue weighted by Gasteiger charge is 2.11. The lowest BCUT2D eigenvalue weighted by Gasteiger charge is -2.09. The molecule has 0 atom stereocenters. The lowest BCUT2D eigenvalue weighted by molar-refractivity contribution is 0.0594. The number of anilines is 2. The average molecular weight is 361 g/mol. The van der Waals surface area contributed by atoms with Gasteiger partial charge >= 0.3 is 5.97 Å². The molecular weight excluding hydrogens is 346 g/mol. The van der Waals surface area contributed by atoms with Gasteiger partial charge in [0.05, 0.1) is 48.4 Å². The Kier molecular flexibility index (Phi) is 4.17. The number of carbonyl (C=O) groups excluding carboxylic acids is 1. The molecule has 0 spiro atoms. The second kappa shape index (κ2) is 6.79. The van der Waals surface area contributed by atoms with E-state index in [2.05, 4.69) is 30.0 Å². The van der Waals surface area contributed by atoms with Gasteiger partial charge < -0.3 is 14.6 Å². The minimum Gasteiger partial charge on any atom is -0.464 e. The SMILES string of the molecule is COC(=O)c1ccc(Nc2ncnc3ccc(-c4cncn4C)nc23)cn1. The standard InChI is InChI=1S/C18H15N7O2/c1-25-10-19-8-15(25)12-5-6-13-16(24-12)17(22-9-21-13)23-11-3-4-14(20-7-11)18(26)27-2/h3-10H,1-2H3,(H,21,22,23). The number of hydrogen-bond acceptors (Lipinski definition) is 8. The van der Waals surface area contributed by atoms with Crippen molar-refractivity contribution in [3.8, 4) is 11.4 Å². The minimum absolute atomic E-state index is 0.229. The fourth-order valence-corrected chi connectivity index (χ4v) is 2.61. The highest BCUT2D eigenvalue weighted by molar-refractivity contribution is 5.89. The number of aryl methyl sites for hydroxylation is 1. The van der Waals surface area contributed by atoms with Crippen LogP contribution in [0.5, 0.6) is 0 Å². The molecule has 0 radical (unpaired) electrons. The summed E-state index contributed by atoms with van der Waals surface area (Å²) in [4.78, 5) is 33.0. The van der Waals surface area contributed by atoms with Gasteiger partial charge in [-0.25, -0.2) is 29.7 Å². The largest absolute Gasteiger partial charge is 0.464 e. The summed E-state index contributed by atoms with van der Waals surface area (Å²) in [5, 5.41) is 3.17. The van der Waals surface area contributed by atoms with Gasteiger partial charge in [-0.2, -0.15) is 0 Å². The Hall–Kier alpha value is -3.88. The van der Waals surface area contributed by atoms with Gasteiger partial charge in [0.15, 0.2) is 5.82 Å². The summed E-state index contributed by atoms with van der Waals surface area (Å²) in [6.45, 7) is 0. The summed E-state index contributed by atoms with van der Waals surface area (Å²) in [6.07, 6.45) is 6.47. The number of ether oxygens (including phenoxy) is 1. The van der Waals surface area contributed by atoms with Gasteiger partial charge in [0, 0.05) is 7.05 Å². The van der Waals surface area contributed by atoms with Crippen LogP contribution in [-0.2, 0) is 11.8 Å². The molecule has 4 heterocycles. The van der Waals surface area contributed by atoms with Gasteiger partial charge in [0.1, 0.15) is 17.5 Å². The van der Waals surface area contributed by atoms with Gasteiger partial charge in [0.2, 0.25) is 0 Å². The van der Waals surface area contributed by atoms with E-state index in [0.29, 0.717) is 22.5 Å². The molecule has 4 rings (SSSR count). The molecule has 0 aromatic carbocycles. The molecule has 0 fully saturated rings. The fraction of sp³-hybridized carbons (Fsp3) is 0.111. The van der Waals surface area contributed by atoms with E-state index in [4.69, 9.17) is 4.98 Å². The molecule has 0 bridgehead atoms. The maximum atomic E-state index is 11.5. The van der Waals surface area contributed by atoms with Crippen LogP contribution in [0.1, 0.15) is 10.5 Å². The van der Waals surface area contributed by atoms with Gasteiger partial charge in [-0.3, -0.25) is 0 Å². The van der Waals surface area contributed by atoms with Gasteiger partial charge in [-0.05, 0) is 24.3 Å². The number of aromatic nitrogens is 6. The Balaban J connectivity index is 1.71. The molecule has 0 saturated heterocycles. The minimum atomic E-state index is -0.489. The molecule has 0 unspecified atom stereocenters. The van der Waals surface area contributed by atoms with Crippen molar-refractivity contribution in [2.75, 3.05) is 12.4 Å². The highest BCUT2D eigenvalue weighted by Crippen LogP contribution is 2.24. The van der Waals surface area contributed by atoms with Gasteiger partial charge in [0.25, 0.3) is 0 Å². The van der Waals surface area contributed by atoms with Crippen molar-refractivity contribution in [1.29, 1.82) is 0 Å². The van der Waals surface area contributed by atoms with E-state index in [0.717, 1.165) is 11.4 Å². The number of carbonyl (C=O) groups is 1. The highest BCUT2D eigenvalue weighted by atomic mass is 16.5. The van der Waals surface area contributed by atoms with Crippen LogP contribution in [0.4, 0.5) is 11.5 Å². The number of esters is 1. The van der Waals surface area contributed by atoms with Crippen LogP contribution < -0.4 is 5.32 Å². The smallest absolute Gasteiger partial charge is 0.356 e. The van der Waals surface area contributed by atoms with E-state index in [-0.39, 0.29) is 5.69 Å². The third-order valence-corrected chi connectivity index (χ3v) is 3.98. The van der Waals surface area contributed by atoms with Crippen molar-refractivity contribution in [3.63, 3.8) is 0 Å². The number of methoxy groups -OCH3 is 1. The summed E-state index contributed by atoms with van der Waals surface area (Å²) in [6, 6.07) is 7.07. The van der Waals surface area contributed by atoms with Crippen molar-refractivity contribution in [3.05, 3.63) is 55.0 Å². The van der Waals surface area contributed by atoms with E-state index in [1.807, 2.05) is 23.7 Å². The number of nitrogens with one attached hydrogen (secondary N) is 1. The van der Waals surface area contributed by atoms with Crippen molar-refractivity contribution < 1.29 is 9.53 Å². The number of fused-ring (bicyclic) bond motifs is 1. The normalized spacial score (nSPS) is 10.7. The van der Waals surface area contributed by atoms with Crippen LogP contribution in [0.25, 0.3) is 22.4 Å². The zero-order chi connectivity index (χ0) is 18.8. The zero-order valence-corrected chi connectivity index (χ0v) is 14.6. The molecule has 134 valence electrons. The monoisotopic (exact) mass is 361 g/mol. The van der Waals surface area contributed by atoms with Crippen LogP contribution in [0.3, 0.4) is 0 Å². The summed E-state index contributed by atoms with van der Waals surface area (Å²) in [5.41, 5.74) is 3.86. The molecule has 0 aliphatic carbocycles. The third kappa shape index (κ3) is 3.17. The van der Waals surface area contributed by atoms with Crippen LogP contribution in [0.2, 0.25) is 0 Å². The Bertz CT molecular complexity index is 1120. The van der Waals surface area contributed by atoms with E-state index in [1.165, 1.54) is 19.6 Å². The van der Waals surface area contributed by atoms with Crippen molar-refractivity contribution in [2.24, 2.45) is 7.05 Å². The maximum absolute atomic E-state index is 11.5. The molecule has 27 heavy (non-hydrogen) atoms. The quantitative estimate of drug-likeness (QED) is 0.552. The van der Waals surface area contributed by atoms with Crippen molar-refractivity contribution in [1.82, 2.24) is 29.5 Å². The van der Waals surface area contributed by atoms with Crippen LogP contribution in [0, 0.1) is 0 Å². The number of imidazole rings is 1. The Morgan fingerprint density at radius 2 is 2.00 bits per heavy atom. The summed E-state index contributed by atoms with van der Waals surface area (Å²) in [5.74, 6) is 0.0492. The predicted molar refractivity (Wildman–Crippen MR) is 98.4 cm³/mol. The van der Waals surface area contributed by atoms with E-state index in [9.17, 15) is 4.79 Å². The van der Waals surface area contributed by atoms with E-state index >= 15 is 0 Å². The molecule has 1 N–H and O–H groups in total. The molecule has 9 heteroatoms. The topological polar surface area (TPSA) is 108 Å². The number of hydrogen-bond donors (Lipinski definition) is 1. The van der Waals surface area contributed by atoms with Crippen LogP contribution in [0.15, 0.2) is 49.3 Å². The number of pyridine rings is 2. The Labute approximate surface area is 154 Å². The number of nitrogens with zero attached hydrogens (tertiary/aromatic N) is 6. The predicted octanol–water partition coefficient (Wildman–Crippen LogP) is 2.35. The van der Waals surface area contributed by atoms with Crippen molar-refractivity contribution >= 4 is 28.5 Å². The average Bonchev–Trinajstić information content (AvgIpc) is 3.14. The molecule has 4 aromatic heterocycles. The first-order valence-corrected chi connectivity index (χ1v) is 8.05. The first-order valence-electron chi connectivity index (χ1n) is 8.05. The zero-order valence-electron chi connectivity index (χ0n) is 14.6. The first kappa shape index (κ1) is 16.6. The maximum Gasteiger partial charge on any atom is 0.356 e. The number of rotatable bonds is 4. The van der Waals surface area contributed by atoms with Gasteiger partial charge in [-0.1, -0.05) is 0 Å². The van der Waals surface area contributed by atoms with Gasteiger partial charge in [-0.15, -0.1) is 0 Å². The Morgan fingerprint density at radius 1 is 1.11 bits per heavy atom. The Morgan fingerprint density at radius 3 is 2.70 bits per heavy atom. The summed E-state index contributed by atoms with van der Waals surface area (Å²) < 4.78 is 6.54. The second-order valence-corrected chi connectivity index (χ2v) is 5.72. The molecule has 4 aromatic rings. The summed E-state index contributed by atoms with van der Waals surface area (Å²) >= 11 is 0. The van der Waals surface area contributed by atoms with E-state index in [1.54, 1.807) is 24.7 Å². The van der Waals surface area contributed by atoms with Crippen LogP contribution >= 0.6 is 0 Å². The van der Waals surface area contributed by atoms with Crippen LogP contribution in [-0.4, -0.2) is 42.6 Å². The fourth-order valence-electron chi connectivity index (χ4n) is 2.61. The molecule has 0 aliphatic rings. The second-order valence-electron chi connectivity index (χ2n) is 5.72. The van der Waals surface area contributed by atoms with Crippen molar-refractivity contribution in [2.45, 2.75) is 0 Å². The summed E-state index contributed by atoms with van der Waals surface area (Å²) in [7, 11) is 3.22. The third-order valence-electron chi connectivity index (χ3n) is 3.98. The molecule has 0 aliphatic heterocycles.